The van der Waals surface area contributed by atoms with E-state index in [0.29, 0.717) is 0 Å². The standard InChI is InChI=1S/C23H31N3O2S/c1-5-11-19(18-12-7-6-8-13-18)25-23(28)17(2)26(3)16-22(27)24-20-14-9-10-15-21(20)29-4/h6-10,12-15,17,19H,5,11,16H2,1-4H3,(H,24,27)(H,25,28)/p+1/t17-,19-/m0/s1. The van der Waals surface area contributed by atoms with E-state index in [2.05, 4.69) is 17.6 Å². The molecule has 0 radical (unpaired) electrons. The number of para-hydroxylation sites is 1. The zero-order valence-electron chi connectivity index (χ0n) is 17.7. The van der Waals surface area contributed by atoms with Crippen molar-refractivity contribution in [2.45, 2.75) is 43.7 Å². The lowest BCUT2D eigenvalue weighted by Gasteiger charge is -2.24. The van der Waals surface area contributed by atoms with Crippen molar-refractivity contribution in [2.75, 3.05) is 25.2 Å². The number of carbonyl (C=O) groups excluding carboxylic acids is 2. The Labute approximate surface area is 178 Å². The molecule has 0 fully saturated rings. The van der Waals surface area contributed by atoms with Crippen LogP contribution in [-0.2, 0) is 9.59 Å². The van der Waals surface area contributed by atoms with E-state index >= 15 is 0 Å². The number of thioether (sulfide) groups is 1. The van der Waals surface area contributed by atoms with Crippen molar-refractivity contribution in [1.82, 2.24) is 5.32 Å². The van der Waals surface area contributed by atoms with Crippen LogP contribution in [0.1, 0.15) is 38.3 Å². The molecule has 0 aliphatic rings. The van der Waals surface area contributed by atoms with Crippen molar-refractivity contribution in [3.63, 3.8) is 0 Å². The number of benzene rings is 2. The first-order valence-electron chi connectivity index (χ1n) is 10.1. The highest BCUT2D eigenvalue weighted by atomic mass is 32.2. The Hall–Kier alpha value is -2.31. The van der Waals surface area contributed by atoms with Gasteiger partial charge in [0.2, 0.25) is 0 Å². The fraction of sp³-hybridized carbons (Fsp3) is 0.391. The second-order valence-corrected chi connectivity index (χ2v) is 8.10. The summed E-state index contributed by atoms with van der Waals surface area (Å²) in [5.74, 6) is -0.140. The van der Waals surface area contributed by atoms with Gasteiger partial charge in [0.15, 0.2) is 12.6 Å². The number of nitrogens with one attached hydrogen (secondary N) is 3. The van der Waals surface area contributed by atoms with Gasteiger partial charge < -0.3 is 15.5 Å². The van der Waals surface area contributed by atoms with Gasteiger partial charge in [-0.15, -0.1) is 11.8 Å². The Morgan fingerprint density at radius 3 is 2.38 bits per heavy atom. The van der Waals surface area contributed by atoms with Crippen LogP contribution in [0.5, 0.6) is 0 Å². The minimum Gasteiger partial charge on any atom is -0.344 e. The van der Waals surface area contributed by atoms with Crippen LogP contribution in [0.3, 0.4) is 0 Å². The summed E-state index contributed by atoms with van der Waals surface area (Å²) in [6.07, 6.45) is 3.84. The van der Waals surface area contributed by atoms with Gasteiger partial charge in [-0.05, 0) is 37.3 Å². The molecule has 6 heteroatoms. The van der Waals surface area contributed by atoms with Crippen molar-refractivity contribution in [2.24, 2.45) is 0 Å². The molecule has 0 aromatic heterocycles. The first kappa shape index (κ1) is 23.0. The van der Waals surface area contributed by atoms with Gasteiger partial charge in [0.25, 0.3) is 11.8 Å². The summed E-state index contributed by atoms with van der Waals surface area (Å²) >= 11 is 1.59. The summed E-state index contributed by atoms with van der Waals surface area (Å²) in [6.45, 7) is 4.20. The molecule has 0 saturated carbocycles. The topological polar surface area (TPSA) is 62.6 Å². The lowest BCUT2D eigenvalue weighted by Crippen LogP contribution is -3.15. The van der Waals surface area contributed by atoms with Crippen LogP contribution in [0.4, 0.5) is 5.69 Å². The molecule has 2 aromatic rings. The van der Waals surface area contributed by atoms with Crippen LogP contribution in [0.25, 0.3) is 0 Å². The molecule has 3 N–H and O–H groups in total. The van der Waals surface area contributed by atoms with Crippen LogP contribution in [0.15, 0.2) is 59.5 Å². The van der Waals surface area contributed by atoms with Crippen LogP contribution < -0.4 is 15.5 Å². The number of amides is 2. The molecule has 0 aliphatic heterocycles. The lowest BCUT2D eigenvalue weighted by atomic mass is 10.0. The Morgan fingerprint density at radius 2 is 1.72 bits per heavy atom. The molecule has 0 heterocycles. The van der Waals surface area contributed by atoms with Crippen molar-refractivity contribution >= 4 is 29.3 Å². The monoisotopic (exact) mass is 414 g/mol. The Morgan fingerprint density at radius 1 is 1.07 bits per heavy atom. The Kier molecular flexibility index (Phi) is 9.22. The Bertz CT molecular complexity index is 798. The van der Waals surface area contributed by atoms with E-state index in [1.54, 1.807) is 11.8 Å². The van der Waals surface area contributed by atoms with Crippen LogP contribution in [0.2, 0.25) is 0 Å². The lowest BCUT2D eigenvalue weighted by molar-refractivity contribution is -0.885. The predicted molar refractivity (Wildman–Crippen MR) is 120 cm³/mol. The van der Waals surface area contributed by atoms with E-state index in [0.717, 1.165) is 33.9 Å². The molecular formula is C23H32N3O2S+. The number of quaternary nitrogens is 1. The highest BCUT2D eigenvalue weighted by molar-refractivity contribution is 7.98. The van der Waals surface area contributed by atoms with Crippen LogP contribution in [-0.4, -0.2) is 37.7 Å². The molecule has 5 nitrogen and oxygen atoms in total. The van der Waals surface area contributed by atoms with E-state index in [9.17, 15) is 9.59 Å². The smallest absolute Gasteiger partial charge is 0.279 e. The van der Waals surface area contributed by atoms with Gasteiger partial charge in [0, 0.05) is 4.90 Å². The molecule has 156 valence electrons. The highest BCUT2D eigenvalue weighted by Crippen LogP contribution is 2.24. The molecular weight excluding hydrogens is 382 g/mol. The second-order valence-electron chi connectivity index (χ2n) is 7.25. The molecule has 0 spiro atoms. The Balaban J connectivity index is 1.94. The van der Waals surface area contributed by atoms with E-state index in [-0.39, 0.29) is 30.4 Å². The minimum atomic E-state index is -0.334. The number of hydrogen-bond acceptors (Lipinski definition) is 3. The van der Waals surface area contributed by atoms with Gasteiger partial charge in [0.05, 0.1) is 18.8 Å². The average molecular weight is 415 g/mol. The normalized spacial score (nSPS) is 13.9. The molecule has 0 bridgehead atoms. The van der Waals surface area contributed by atoms with Crippen molar-refractivity contribution in [3.05, 3.63) is 60.2 Å². The summed E-state index contributed by atoms with van der Waals surface area (Å²) in [6, 6.07) is 17.4. The second kappa shape index (κ2) is 11.6. The third-order valence-corrected chi connectivity index (χ3v) is 5.84. The molecule has 1 unspecified atom stereocenters. The number of rotatable bonds is 10. The molecule has 29 heavy (non-hydrogen) atoms. The third kappa shape index (κ3) is 6.91. The summed E-state index contributed by atoms with van der Waals surface area (Å²) < 4.78 is 0. The largest absolute Gasteiger partial charge is 0.344 e. The highest BCUT2D eigenvalue weighted by Gasteiger charge is 2.26. The predicted octanol–water partition coefficient (Wildman–Crippen LogP) is 2.91. The fourth-order valence-corrected chi connectivity index (χ4v) is 3.72. The van der Waals surface area contributed by atoms with E-state index in [1.165, 1.54) is 0 Å². The molecule has 2 rings (SSSR count). The first-order chi connectivity index (χ1) is 14.0. The van der Waals surface area contributed by atoms with Gasteiger partial charge in [0.1, 0.15) is 0 Å². The van der Waals surface area contributed by atoms with Gasteiger partial charge in [-0.25, -0.2) is 0 Å². The maximum Gasteiger partial charge on any atom is 0.279 e. The first-order valence-corrected chi connectivity index (χ1v) is 11.3. The molecule has 2 aromatic carbocycles. The third-order valence-electron chi connectivity index (χ3n) is 5.05. The molecule has 3 atom stereocenters. The van der Waals surface area contributed by atoms with Crippen molar-refractivity contribution in [3.8, 4) is 0 Å². The van der Waals surface area contributed by atoms with Crippen LogP contribution >= 0.6 is 11.8 Å². The summed E-state index contributed by atoms with van der Waals surface area (Å²) in [4.78, 5) is 27.2. The van der Waals surface area contributed by atoms with Crippen LogP contribution in [0, 0.1) is 0 Å². The quantitative estimate of drug-likeness (QED) is 0.524. The van der Waals surface area contributed by atoms with Gasteiger partial charge in [-0.1, -0.05) is 55.8 Å². The van der Waals surface area contributed by atoms with Gasteiger partial charge in [-0.2, -0.15) is 0 Å². The SMILES string of the molecule is CCC[C@H](NC(=O)[C@H](C)[NH+](C)CC(=O)Nc1ccccc1SC)c1ccccc1. The summed E-state index contributed by atoms with van der Waals surface area (Å²) in [7, 11) is 1.88. The molecule has 0 saturated heterocycles. The number of hydrogen-bond donors (Lipinski definition) is 3. The van der Waals surface area contributed by atoms with Gasteiger partial charge in [-0.3, -0.25) is 9.59 Å². The van der Waals surface area contributed by atoms with E-state index in [4.69, 9.17) is 0 Å². The average Bonchev–Trinajstić information content (AvgIpc) is 2.73. The molecule has 0 aliphatic carbocycles. The van der Waals surface area contributed by atoms with Gasteiger partial charge >= 0.3 is 0 Å². The number of likely N-dealkylation sites (N-methyl/N-ethyl adjacent to an activating group) is 1. The molecule has 2 amide bonds. The number of anilines is 1. The number of carbonyl (C=O) groups is 2. The maximum absolute atomic E-state index is 12.8. The fourth-order valence-electron chi connectivity index (χ4n) is 3.17. The van der Waals surface area contributed by atoms with Crippen molar-refractivity contribution < 1.29 is 14.5 Å². The zero-order valence-corrected chi connectivity index (χ0v) is 18.5. The summed E-state index contributed by atoms with van der Waals surface area (Å²) in [5, 5.41) is 6.12. The van der Waals surface area contributed by atoms with E-state index in [1.807, 2.05) is 74.8 Å². The zero-order chi connectivity index (χ0) is 21.2. The van der Waals surface area contributed by atoms with E-state index < -0.39 is 0 Å². The maximum atomic E-state index is 12.8. The summed E-state index contributed by atoms with van der Waals surface area (Å²) in [5.41, 5.74) is 1.92. The van der Waals surface area contributed by atoms with Crippen molar-refractivity contribution in [1.29, 1.82) is 0 Å². The minimum absolute atomic E-state index is 0.00812.